The molecule has 1 saturated heterocycles. The van der Waals surface area contributed by atoms with Gasteiger partial charge in [0.25, 0.3) is 0 Å². The van der Waals surface area contributed by atoms with E-state index in [2.05, 4.69) is 24.0 Å². The van der Waals surface area contributed by atoms with E-state index >= 15 is 0 Å². The standard InChI is InChI=1S/C12H19N3O2/c1-12(6-4-5-7-14(12)2)10-8-9(11(16)17)13-15(10)3/h8H,4-7H2,1-3H3,(H,16,17). The van der Waals surface area contributed by atoms with E-state index in [0.717, 1.165) is 18.7 Å². The molecule has 17 heavy (non-hydrogen) atoms. The fourth-order valence-corrected chi connectivity index (χ4v) is 2.66. The molecule has 1 atom stereocenters. The summed E-state index contributed by atoms with van der Waals surface area (Å²) >= 11 is 0. The number of carboxylic acids is 1. The Balaban J connectivity index is 2.41. The highest BCUT2D eigenvalue weighted by atomic mass is 16.4. The molecule has 1 aliphatic heterocycles. The van der Waals surface area contributed by atoms with Gasteiger partial charge >= 0.3 is 5.97 Å². The zero-order valence-corrected chi connectivity index (χ0v) is 10.6. The molecule has 5 nitrogen and oxygen atoms in total. The summed E-state index contributed by atoms with van der Waals surface area (Å²) in [6.07, 6.45) is 3.42. The molecule has 5 heteroatoms. The van der Waals surface area contributed by atoms with Crippen LogP contribution in [-0.4, -0.2) is 39.3 Å². The van der Waals surface area contributed by atoms with Gasteiger partial charge in [0.1, 0.15) is 0 Å². The van der Waals surface area contributed by atoms with Crippen LogP contribution in [0.4, 0.5) is 0 Å². The number of carboxylic acid groups (broad SMARTS) is 1. The molecule has 1 fully saturated rings. The number of aromatic carboxylic acids is 1. The van der Waals surface area contributed by atoms with Crippen LogP contribution in [0, 0.1) is 0 Å². The number of hydrogen-bond donors (Lipinski definition) is 1. The van der Waals surface area contributed by atoms with Crippen LogP contribution >= 0.6 is 0 Å². The average molecular weight is 237 g/mol. The Kier molecular flexibility index (Phi) is 2.95. The van der Waals surface area contributed by atoms with Gasteiger partial charge in [-0.1, -0.05) is 0 Å². The fourth-order valence-electron chi connectivity index (χ4n) is 2.66. The van der Waals surface area contributed by atoms with Gasteiger partial charge in [0.05, 0.1) is 11.2 Å². The third kappa shape index (κ3) is 1.95. The van der Waals surface area contributed by atoms with Gasteiger partial charge in [-0.3, -0.25) is 9.58 Å². The molecule has 1 aromatic heterocycles. The summed E-state index contributed by atoms with van der Waals surface area (Å²) in [7, 11) is 3.90. The third-order valence-corrected chi connectivity index (χ3v) is 3.90. The maximum absolute atomic E-state index is 10.9. The summed E-state index contributed by atoms with van der Waals surface area (Å²) in [6.45, 7) is 3.21. The normalized spacial score (nSPS) is 26.1. The fraction of sp³-hybridized carbons (Fsp3) is 0.667. The lowest BCUT2D eigenvalue weighted by molar-refractivity contribution is 0.0689. The van der Waals surface area contributed by atoms with Crippen molar-refractivity contribution in [3.63, 3.8) is 0 Å². The first-order valence-electron chi connectivity index (χ1n) is 5.94. The first-order valence-corrected chi connectivity index (χ1v) is 5.94. The molecule has 0 bridgehead atoms. The summed E-state index contributed by atoms with van der Waals surface area (Å²) in [5, 5.41) is 13.0. The van der Waals surface area contributed by atoms with Crippen LogP contribution in [0.3, 0.4) is 0 Å². The molecule has 2 heterocycles. The number of aromatic nitrogens is 2. The highest BCUT2D eigenvalue weighted by Gasteiger charge is 2.36. The Bertz CT molecular complexity index is 441. The lowest BCUT2D eigenvalue weighted by Gasteiger charge is -2.42. The number of aryl methyl sites for hydroxylation is 1. The molecule has 0 spiro atoms. The predicted octanol–water partition coefficient (Wildman–Crippen LogP) is 1.45. The van der Waals surface area contributed by atoms with E-state index in [4.69, 9.17) is 5.11 Å². The minimum atomic E-state index is -0.964. The van der Waals surface area contributed by atoms with Gasteiger partial charge < -0.3 is 5.11 Å². The van der Waals surface area contributed by atoms with E-state index in [9.17, 15) is 4.79 Å². The van der Waals surface area contributed by atoms with Crippen molar-refractivity contribution in [2.24, 2.45) is 7.05 Å². The van der Waals surface area contributed by atoms with Crippen LogP contribution in [0.1, 0.15) is 42.4 Å². The maximum atomic E-state index is 10.9. The SMILES string of the molecule is CN1CCCCC1(C)c1cc(C(=O)O)nn1C. The second-order valence-corrected chi connectivity index (χ2v) is 5.00. The molecule has 0 aromatic carbocycles. The molecule has 1 aliphatic rings. The van der Waals surface area contributed by atoms with Crippen molar-refractivity contribution < 1.29 is 9.90 Å². The Labute approximate surface area is 101 Å². The maximum Gasteiger partial charge on any atom is 0.356 e. The smallest absolute Gasteiger partial charge is 0.356 e. The number of carbonyl (C=O) groups is 1. The molecule has 1 aromatic rings. The van der Waals surface area contributed by atoms with Gasteiger partial charge in [-0.25, -0.2) is 4.79 Å². The monoisotopic (exact) mass is 237 g/mol. The predicted molar refractivity (Wildman–Crippen MR) is 64.0 cm³/mol. The van der Waals surface area contributed by atoms with Crippen LogP contribution in [0.15, 0.2) is 6.07 Å². The Morgan fingerprint density at radius 2 is 2.18 bits per heavy atom. The Morgan fingerprint density at radius 1 is 1.47 bits per heavy atom. The average Bonchev–Trinajstić information content (AvgIpc) is 2.66. The largest absolute Gasteiger partial charge is 0.476 e. The third-order valence-electron chi connectivity index (χ3n) is 3.90. The van der Waals surface area contributed by atoms with Crippen LogP contribution in [0.5, 0.6) is 0 Å². The molecule has 0 amide bonds. The highest BCUT2D eigenvalue weighted by Crippen LogP contribution is 2.36. The van der Waals surface area contributed by atoms with E-state index in [1.54, 1.807) is 10.7 Å². The number of likely N-dealkylation sites (tertiary alicyclic amines) is 1. The molecule has 0 saturated carbocycles. The van der Waals surface area contributed by atoms with Crippen LogP contribution in [0.25, 0.3) is 0 Å². The zero-order valence-electron chi connectivity index (χ0n) is 10.6. The van der Waals surface area contributed by atoms with E-state index in [1.165, 1.54) is 12.8 Å². The quantitative estimate of drug-likeness (QED) is 0.845. The Morgan fingerprint density at radius 3 is 2.71 bits per heavy atom. The first kappa shape index (κ1) is 12.1. The lowest BCUT2D eigenvalue weighted by atomic mass is 9.85. The van der Waals surface area contributed by atoms with Crippen molar-refractivity contribution in [2.75, 3.05) is 13.6 Å². The van der Waals surface area contributed by atoms with Gasteiger partial charge in [0.15, 0.2) is 5.69 Å². The van der Waals surface area contributed by atoms with Crippen molar-refractivity contribution in [2.45, 2.75) is 31.7 Å². The summed E-state index contributed by atoms with van der Waals surface area (Å²) < 4.78 is 1.70. The minimum Gasteiger partial charge on any atom is -0.476 e. The molecule has 0 aliphatic carbocycles. The highest BCUT2D eigenvalue weighted by molar-refractivity contribution is 5.85. The second-order valence-electron chi connectivity index (χ2n) is 5.00. The van der Waals surface area contributed by atoms with Gasteiger partial charge in [-0.15, -0.1) is 0 Å². The second kappa shape index (κ2) is 4.14. The first-order chi connectivity index (χ1) is 7.95. The van der Waals surface area contributed by atoms with Crippen molar-refractivity contribution in [3.8, 4) is 0 Å². The lowest BCUT2D eigenvalue weighted by Crippen LogP contribution is -2.45. The van der Waals surface area contributed by atoms with Gasteiger partial charge in [-0.2, -0.15) is 5.10 Å². The molecular formula is C12H19N3O2. The van der Waals surface area contributed by atoms with Crippen molar-refractivity contribution >= 4 is 5.97 Å². The molecule has 1 unspecified atom stereocenters. The number of piperidine rings is 1. The van der Waals surface area contributed by atoms with Gasteiger partial charge in [0, 0.05) is 7.05 Å². The molecule has 94 valence electrons. The summed E-state index contributed by atoms with van der Waals surface area (Å²) in [4.78, 5) is 13.2. The van der Waals surface area contributed by atoms with E-state index in [-0.39, 0.29) is 11.2 Å². The van der Waals surface area contributed by atoms with Crippen LogP contribution < -0.4 is 0 Å². The number of rotatable bonds is 2. The Hall–Kier alpha value is -1.36. The van der Waals surface area contributed by atoms with Crippen molar-refractivity contribution in [3.05, 3.63) is 17.5 Å². The summed E-state index contributed by atoms with van der Waals surface area (Å²) in [5.41, 5.74) is 1.01. The van der Waals surface area contributed by atoms with E-state index < -0.39 is 5.97 Å². The molecule has 0 radical (unpaired) electrons. The van der Waals surface area contributed by atoms with E-state index in [1.807, 2.05) is 7.05 Å². The van der Waals surface area contributed by atoms with E-state index in [0.29, 0.717) is 0 Å². The summed E-state index contributed by atoms with van der Waals surface area (Å²) in [6, 6.07) is 1.70. The number of hydrogen-bond acceptors (Lipinski definition) is 3. The number of nitrogens with zero attached hydrogens (tertiary/aromatic N) is 3. The zero-order chi connectivity index (χ0) is 12.6. The molecule has 1 N–H and O–H groups in total. The molecule has 2 rings (SSSR count). The van der Waals surface area contributed by atoms with Crippen molar-refractivity contribution in [1.29, 1.82) is 0 Å². The van der Waals surface area contributed by atoms with Crippen LogP contribution in [-0.2, 0) is 12.6 Å². The topological polar surface area (TPSA) is 58.4 Å². The van der Waals surface area contributed by atoms with Gasteiger partial charge in [0.2, 0.25) is 0 Å². The van der Waals surface area contributed by atoms with Gasteiger partial charge in [-0.05, 0) is 45.8 Å². The minimum absolute atomic E-state index is 0.103. The van der Waals surface area contributed by atoms with Crippen LogP contribution in [0.2, 0.25) is 0 Å². The summed E-state index contributed by atoms with van der Waals surface area (Å²) in [5.74, 6) is -0.964. The van der Waals surface area contributed by atoms with Crippen molar-refractivity contribution in [1.82, 2.24) is 14.7 Å². The molecular weight excluding hydrogens is 218 g/mol.